The molecule has 1 aromatic heterocycles. The molecule has 1 heterocycles. The van der Waals surface area contributed by atoms with Crippen molar-refractivity contribution in [2.45, 2.75) is 39.5 Å². The van der Waals surface area contributed by atoms with E-state index in [1.807, 2.05) is 38.1 Å². The Kier molecular flexibility index (Phi) is 6.80. The van der Waals surface area contributed by atoms with Gasteiger partial charge in [-0.25, -0.2) is 18.4 Å². The second-order valence-electron chi connectivity index (χ2n) is 7.41. The molecule has 0 spiro atoms. The molecule has 2 aromatic carbocycles. The van der Waals surface area contributed by atoms with Crippen LogP contribution in [0.3, 0.4) is 0 Å². The summed E-state index contributed by atoms with van der Waals surface area (Å²) in [5, 5.41) is 3.27. The maximum Gasteiger partial charge on any atom is 0.262 e. The van der Waals surface area contributed by atoms with Crippen LogP contribution in [-0.4, -0.2) is 31.5 Å². The summed E-state index contributed by atoms with van der Waals surface area (Å²) in [7, 11) is -3.66. The molecule has 0 bridgehead atoms. The molecule has 3 aromatic rings. The fourth-order valence-corrected chi connectivity index (χ4v) is 4.69. The fourth-order valence-electron chi connectivity index (χ4n) is 3.41. The standard InChI is InChI=1S/C23H29N5O2S/c1-6-28(7-2)23-15-22(24-18(5)25-23)26-19-9-11-20(12-10-19)27-31(29,30)21-13-8-16(3)14-17(21)4/h8-15,27H,6-7H2,1-5H3,(H,24,25,26). The van der Waals surface area contributed by atoms with Crippen LogP contribution in [0, 0.1) is 20.8 Å². The topological polar surface area (TPSA) is 87.2 Å². The van der Waals surface area contributed by atoms with E-state index in [1.54, 1.807) is 31.2 Å². The predicted octanol–water partition coefficient (Wildman–Crippen LogP) is 4.79. The highest BCUT2D eigenvalue weighted by Crippen LogP contribution is 2.24. The van der Waals surface area contributed by atoms with Gasteiger partial charge in [0.25, 0.3) is 10.0 Å². The maximum absolute atomic E-state index is 12.8. The van der Waals surface area contributed by atoms with Crippen molar-refractivity contribution in [1.29, 1.82) is 0 Å². The Hall–Kier alpha value is -3.13. The Morgan fingerprint density at radius 1 is 0.871 bits per heavy atom. The molecular formula is C23H29N5O2S. The first-order valence-electron chi connectivity index (χ1n) is 10.3. The number of nitrogens with one attached hydrogen (secondary N) is 2. The van der Waals surface area contributed by atoms with E-state index in [-0.39, 0.29) is 4.90 Å². The number of benzene rings is 2. The molecule has 0 aliphatic rings. The van der Waals surface area contributed by atoms with Gasteiger partial charge in [0.2, 0.25) is 0 Å². The normalized spacial score (nSPS) is 11.3. The summed E-state index contributed by atoms with van der Waals surface area (Å²) in [4.78, 5) is 11.4. The zero-order chi connectivity index (χ0) is 22.6. The molecule has 0 aliphatic carbocycles. The van der Waals surface area contributed by atoms with Crippen LogP contribution in [0.15, 0.2) is 53.4 Å². The number of aryl methyl sites for hydroxylation is 3. The second-order valence-corrected chi connectivity index (χ2v) is 9.06. The highest BCUT2D eigenvalue weighted by molar-refractivity contribution is 7.92. The number of rotatable bonds is 8. The summed E-state index contributed by atoms with van der Waals surface area (Å²) >= 11 is 0. The Morgan fingerprint density at radius 3 is 2.13 bits per heavy atom. The molecule has 0 fully saturated rings. The lowest BCUT2D eigenvalue weighted by molar-refractivity contribution is 0.600. The van der Waals surface area contributed by atoms with Crippen molar-refractivity contribution in [3.05, 3.63) is 65.5 Å². The zero-order valence-electron chi connectivity index (χ0n) is 18.6. The van der Waals surface area contributed by atoms with E-state index in [4.69, 9.17) is 0 Å². The number of anilines is 4. The van der Waals surface area contributed by atoms with Crippen LogP contribution >= 0.6 is 0 Å². The van der Waals surface area contributed by atoms with Gasteiger partial charge < -0.3 is 10.2 Å². The Labute approximate surface area is 184 Å². The minimum atomic E-state index is -3.66. The molecule has 7 nitrogen and oxygen atoms in total. The third kappa shape index (κ3) is 5.52. The lowest BCUT2D eigenvalue weighted by Gasteiger charge is -2.20. The predicted molar refractivity (Wildman–Crippen MR) is 127 cm³/mol. The molecule has 0 saturated heterocycles. The highest BCUT2D eigenvalue weighted by Gasteiger charge is 2.17. The second kappa shape index (κ2) is 9.34. The number of aromatic nitrogens is 2. The van der Waals surface area contributed by atoms with E-state index in [1.165, 1.54) is 0 Å². The number of hydrogen-bond acceptors (Lipinski definition) is 6. The number of nitrogens with zero attached hydrogens (tertiary/aromatic N) is 3. The van der Waals surface area contributed by atoms with Gasteiger partial charge in [-0.1, -0.05) is 17.7 Å². The third-order valence-electron chi connectivity index (χ3n) is 4.94. The average Bonchev–Trinajstić information content (AvgIpc) is 2.69. The summed E-state index contributed by atoms with van der Waals surface area (Å²) in [5.74, 6) is 2.25. The van der Waals surface area contributed by atoms with E-state index in [0.717, 1.165) is 30.2 Å². The van der Waals surface area contributed by atoms with Gasteiger partial charge in [0, 0.05) is 30.5 Å². The quantitative estimate of drug-likeness (QED) is 0.525. The monoisotopic (exact) mass is 439 g/mol. The van der Waals surface area contributed by atoms with Crippen molar-refractivity contribution in [3.63, 3.8) is 0 Å². The summed E-state index contributed by atoms with van der Waals surface area (Å²) in [6.07, 6.45) is 0. The van der Waals surface area contributed by atoms with E-state index in [2.05, 4.69) is 38.8 Å². The van der Waals surface area contributed by atoms with Crippen LogP contribution in [0.2, 0.25) is 0 Å². The molecule has 0 radical (unpaired) electrons. The van der Waals surface area contributed by atoms with Gasteiger partial charge in [0.15, 0.2) is 0 Å². The average molecular weight is 440 g/mol. The van der Waals surface area contributed by atoms with E-state index in [9.17, 15) is 8.42 Å². The summed E-state index contributed by atoms with van der Waals surface area (Å²) < 4.78 is 28.2. The molecule has 0 atom stereocenters. The Balaban J connectivity index is 1.76. The first-order valence-corrected chi connectivity index (χ1v) is 11.8. The highest BCUT2D eigenvalue weighted by atomic mass is 32.2. The molecule has 0 saturated carbocycles. The van der Waals surface area contributed by atoms with Gasteiger partial charge in [-0.3, -0.25) is 4.72 Å². The smallest absolute Gasteiger partial charge is 0.262 e. The molecule has 2 N–H and O–H groups in total. The molecule has 3 rings (SSSR count). The van der Waals surface area contributed by atoms with Crippen molar-refractivity contribution >= 4 is 33.0 Å². The molecular weight excluding hydrogens is 410 g/mol. The molecule has 164 valence electrons. The SMILES string of the molecule is CCN(CC)c1cc(Nc2ccc(NS(=O)(=O)c3ccc(C)cc3C)cc2)nc(C)n1. The minimum Gasteiger partial charge on any atom is -0.357 e. The van der Waals surface area contributed by atoms with Gasteiger partial charge in [-0.15, -0.1) is 0 Å². The van der Waals surface area contributed by atoms with Crippen molar-refractivity contribution in [3.8, 4) is 0 Å². The Morgan fingerprint density at radius 2 is 1.52 bits per heavy atom. The lowest BCUT2D eigenvalue weighted by atomic mass is 10.2. The third-order valence-corrected chi connectivity index (χ3v) is 6.48. The fraction of sp³-hybridized carbons (Fsp3) is 0.304. The molecule has 0 unspecified atom stereocenters. The Bertz CT molecular complexity index is 1160. The van der Waals surface area contributed by atoms with Crippen molar-refractivity contribution in [2.75, 3.05) is 28.0 Å². The van der Waals surface area contributed by atoms with E-state index < -0.39 is 10.0 Å². The summed E-state index contributed by atoms with van der Waals surface area (Å²) in [6, 6.07) is 14.3. The van der Waals surface area contributed by atoms with Crippen molar-refractivity contribution < 1.29 is 8.42 Å². The summed E-state index contributed by atoms with van der Waals surface area (Å²) in [5.41, 5.74) is 3.04. The molecule has 0 aliphatic heterocycles. The summed E-state index contributed by atoms with van der Waals surface area (Å²) in [6.45, 7) is 11.5. The minimum absolute atomic E-state index is 0.278. The van der Waals surface area contributed by atoms with E-state index in [0.29, 0.717) is 22.9 Å². The first kappa shape index (κ1) is 22.6. The van der Waals surface area contributed by atoms with Crippen molar-refractivity contribution in [2.24, 2.45) is 0 Å². The zero-order valence-corrected chi connectivity index (χ0v) is 19.4. The number of sulfonamides is 1. The van der Waals surface area contributed by atoms with Gasteiger partial charge in [-0.2, -0.15) is 0 Å². The van der Waals surface area contributed by atoms with Gasteiger partial charge >= 0.3 is 0 Å². The van der Waals surface area contributed by atoms with Crippen LogP contribution in [-0.2, 0) is 10.0 Å². The van der Waals surface area contributed by atoms with Crippen LogP contribution in [0.5, 0.6) is 0 Å². The van der Waals surface area contributed by atoms with Crippen LogP contribution in [0.25, 0.3) is 0 Å². The van der Waals surface area contributed by atoms with Gasteiger partial charge in [0.1, 0.15) is 17.5 Å². The molecule has 8 heteroatoms. The first-order chi connectivity index (χ1) is 14.7. The lowest BCUT2D eigenvalue weighted by Crippen LogP contribution is -2.23. The van der Waals surface area contributed by atoms with Crippen molar-refractivity contribution in [1.82, 2.24) is 9.97 Å². The largest absolute Gasteiger partial charge is 0.357 e. The molecule has 31 heavy (non-hydrogen) atoms. The van der Waals surface area contributed by atoms with Gasteiger partial charge in [0.05, 0.1) is 4.90 Å². The maximum atomic E-state index is 12.8. The number of hydrogen-bond donors (Lipinski definition) is 2. The van der Waals surface area contributed by atoms with Crippen LogP contribution in [0.1, 0.15) is 30.8 Å². The van der Waals surface area contributed by atoms with Gasteiger partial charge in [-0.05, 0) is 70.5 Å². The van der Waals surface area contributed by atoms with E-state index >= 15 is 0 Å². The molecule has 0 amide bonds. The van der Waals surface area contributed by atoms with Crippen LogP contribution in [0.4, 0.5) is 23.0 Å². The van der Waals surface area contributed by atoms with Crippen LogP contribution < -0.4 is 14.9 Å².